The summed E-state index contributed by atoms with van der Waals surface area (Å²) in [5, 5.41) is 0. The Hall–Kier alpha value is -1.98. The number of halogens is 5. The minimum absolute atomic E-state index is 0.0144. The van der Waals surface area contributed by atoms with Crippen LogP contribution in [0.3, 0.4) is 0 Å². The molecule has 0 fully saturated rings. The van der Waals surface area contributed by atoms with Crippen LogP contribution in [0, 0.1) is 11.6 Å². The third-order valence-corrected chi connectivity index (χ3v) is 2.30. The van der Waals surface area contributed by atoms with Gasteiger partial charge in [-0.25, -0.2) is 8.78 Å². The molecule has 94 valence electrons. The van der Waals surface area contributed by atoms with Crippen LogP contribution in [0.4, 0.5) is 22.0 Å². The maximum absolute atomic E-state index is 13.4. The van der Waals surface area contributed by atoms with Crippen molar-refractivity contribution >= 4 is 0 Å². The first-order chi connectivity index (χ1) is 8.38. The topological polar surface area (TPSA) is 12.9 Å². The largest absolute Gasteiger partial charge is 0.417 e. The van der Waals surface area contributed by atoms with E-state index < -0.39 is 23.4 Å². The molecule has 0 atom stereocenters. The molecule has 1 nitrogen and oxygen atoms in total. The molecule has 0 radical (unpaired) electrons. The lowest BCUT2D eigenvalue weighted by molar-refractivity contribution is -0.137. The summed E-state index contributed by atoms with van der Waals surface area (Å²) in [5.41, 5.74) is -0.959. The van der Waals surface area contributed by atoms with Gasteiger partial charge in [0.05, 0.1) is 11.3 Å². The number of hydrogen-bond acceptors (Lipinski definition) is 1. The molecule has 0 bridgehead atoms. The molecule has 0 N–H and O–H groups in total. The molecule has 0 aliphatic carbocycles. The van der Waals surface area contributed by atoms with Gasteiger partial charge in [0.15, 0.2) is 0 Å². The molecule has 0 amide bonds. The average molecular weight is 259 g/mol. The summed E-state index contributed by atoms with van der Waals surface area (Å²) in [6.07, 6.45) is -3.88. The predicted molar refractivity (Wildman–Crippen MR) is 54.6 cm³/mol. The molecule has 0 unspecified atom stereocenters. The van der Waals surface area contributed by atoms with Crippen molar-refractivity contribution in [2.75, 3.05) is 0 Å². The van der Waals surface area contributed by atoms with Crippen LogP contribution in [0.1, 0.15) is 5.56 Å². The SMILES string of the molecule is Fc1ccc(-c2ccc(C(F)(F)F)cn2)c(F)c1. The van der Waals surface area contributed by atoms with Crippen LogP contribution in [-0.4, -0.2) is 4.98 Å². The van der Waals surface area contributed by atoms with Crippen LogP contribution in [0.2, 0.25) is 0 Å². The molecule has 1 aromatic carbocycles. The Labute approximate surface area is 98.9 Å². The van der Waals surface area contributed by atoms with Gasteiger partial charge in [0.1, 0.15) is 11.6 Å². The van der Waals surface area contributed by atoms with Gasteiger partial charge in [0, 0.05) is 17.8 Å². The highest BCUT2D eigenvalue weighted by Gasteiger charge is 2.30. The first-order valence-electron chi connectivity index (χ1n) is 4.86. The number of nitrogens with zero attached hydrogens (tertiary/aromatic N) is 1. The lowest BCUT2D eigenvalue weighted by atomic mass is 10.1. The van der Waals surface area contributed by atoms with Crippen molar-refractivity contribution in [1.29, 1.82) is 0 Å². The van der Waals surface area contributed by atoms with E-state index in [-0.39, 0.29) is 11.3 Å². The zero-order chi connectivity index (χ0) is 13.3. The first-order valence-corrected chi connectivity index (χ1v) is 4.86. The van der Waals surface area contributed by atoms with E-state index >= 15 is 0 Å². The highest BCUT2D eigenvalue weighted by Crippen LogP contribution is 2.30. The fourth-order valence-corrected chi connectivity index (χ4v) is 1.42. The molecular weight excluding hydrogens is 253 g/mol. The van der Waals surface area contributed by atoms with Gasteiger partial charge in [-0.2, -0.15) is 13.2 Å². The summed E-state index contributed by atoms with van der Waals surface area (Å²) in [5.74, 6) is -1.63. The quantitative estimate of drug-likeness (QED) is 0.704. The van der Waals surface area contributed by atoms with Crippen molar-refractivity contribution in [1.82, 2.24) is 4.98 Å². The van der Waals surface area contributed by atoms with E-state index in [1.165, 1.54) is 0 Å². The van der Waals surface area contributed by atoms with Crippen LogP contribution in [-0.2, 0) is 6.18 Å². The van der Waals surface area contributed by atoms with Crippen molar-refractivity contribution in [3.05, 3.63) is 53.7 Å². The van der Waals surface area contributed by atoms with Crippen LogP contribution < -0.4 is 0 Å². The molecule has 2 rings (SSSR count). The number of rotatable bonds is 1. The van der Waals surface area contributed by atoms with Gasteiger partial charge in [-0.15, -0.1) is 0 Å². The zero-order valence-electron chi connectivity index (χ0n) is 8.80. The van der Waals surface area contributed by atoms with Crippen LogP contribution in [0.15, 0.2) is 36.5 Å². The molecule has 1 heterocycles. The van der Waals surface area contributed by atoms with Crippen LogP contribution >= 0.6 is 0 Å². The van der Waals surface area contributed by atoms with Crippen molar-refractivity contribution in [3.63, 3.8) is 0 Å². The fraction of sp³-hybridized carbons (Fsp3) is 0.0833. The Morgan fingerprint density at radius 2 is 1.67 bits per heavy atom. The van der Waals surface area contributed by atoms with Crippen LogP contribution in [0.5, 0.6) is 0 Å². The highest BCUT2D eigenvalue weighted by molar-refractivity contribution is 5.59. The van der Waals surface area contributed by atoms with Crippen molar-refractivity contribution < 1.29 is 22.0 Å². The molecule has 2 aromatic rings. The molecule has 6 heteroatoms. The lowest BCUT2D eigenvalue weighted by Gasteiger charge is -2.07. The predicted octanol–water partition coefficient (Wildman–Crippen LogP) is 4.05. The second kappa shape index (κ2) is 4.36. The van der Waals surface area contributed by atoms with Crippen molar-refractivity contribution in [2.45, 2.75) is 6.18 Å². The normalized spacial score (nSPS) is 11.6. The summed E-state index contributed by atoms with van der Waals surface area (Å²) in [6.45, 7) is 0. The third kappa shape index (κ3) is 2.47. The van der Waals surface area contributed by atoms with E-state index in [1.807, 2.05) is 0 Å². The molecule has 0 aliphatic heterocycles. The smallest absolute Gasteiger partial charge is 0.256 e. The van der Waals surface area contributed by atoms with E-state index in [4.69, 9.17) is 0 Å². The Morgan fingerprint density at radius 1 is 0.944 bits per heavy atom. The minimum atomic E-state index is -4.49. The van der Waals surface area contributed by atoms with Gasteiger partial charge in [0.2, 0.25) is 0 Å². The highest BCUT2D eigenvalue weighted by atomic mass is 19.4. The van der Waals surface area contributed by atoms with Gasteiger partial charge in [-0.05, 0) is 24.3 Å². The molecular formula is C12H6F5N. The number of alkyl halides is 3. The standard InChI is InChI=1S/C12H6F5N/c13-8-2-3-9(10(14)5-8)11-4-1-7(6-18-11)12(15,16)17/h1-6H. The third-order valence-electron chi connectivity index (χ3n) is 2.30. The van der Waals surface area contributed by atoms with E-state index in [0.717, 1.165) is 24.3 Å². The number of aromatic nitrogens is 1. The van der Waals surface area contributed by atoms with E-state index in [1.54, 1.807) is 0 Å². The van der Waals surface area contributed by atoms with Crippen LogP contribution in [0.25, 0.3) is 11.3 Å². The lowest BCUT2D eigenvalue weighted by Crippen LogP contribution is -2.05. The monoisotopic (exact) mass is 259 g/mol. The Bertz CT molecular complexity index is 560. The van der Waals surface area contributed by atoms with E-state index in [2.05, 4.69) is 4.98 Å². The minimum Gasteiger partial charge on any atom is -0.256 e. The maximum atomic E-state index is 13.4. The number of benzene rings is 1. The summed E-state index contributed by atoms with van der Waals surface area (Å²) in [6, 6.07) is 4.62. The van der Waals surface area contributed by atoms with E-state index in [9.17, 15) is 22.0 Å². The second-order valence-electron chi connectivity index (χ2n) is 3.55. The average Bonchev–Trinajstić information content (AvgIpc) is 2.28. The van der Waals surface area contributed by atoms with Crippen molar-refractivity contribution in [2.24, 2.45) is 0 Å². The Balaban J connectivity index is 2.41. The summed E-state index contributed by atoms with van der Waals surface area (Å²) in [7, 11) is 0. The molecule has 18 heavy (non-hydrogen) atoms. The number of pyridine rings is 1. The number of hydrogen-bond donors (Lipinski definition) is 0. The van der Waals surface area contributed by atoms with Gasteiger partial charge in [-0.1, -0.05) is 0 Å². The Kier molecular flexibility index (Phi) is 3.02. The van der Waals surface area contributed by atoms with Gasteiger partial charge < -0.3 is 0 Å². The van der Waals surface area contributed by atoms with Gasteiger partial charge >= 0.3 is 6.18 Å². The second-order valence-corrected chi connectivity index (χ2v) is 3.55. The fourth-order valence-electron chi connectivity index (χ4n) is 1.42. The molecule has 1 aromatic heterocycles. The summed E-state index contributed by atoms with van der Waals surface area (Å²) >= 11 is 0. The maximum Gasteiger partial charge on any atom is 0.417 e. The molecule has 0 saturated carbocycles. The molecule has 0 aliphatic rings. The molecule has 0 spiro atoms. The first kappa shape index (κ1) is 12.5. The van der Waals surface area contributed by atoms with Gasteiger partial charge in [0.25, 0.3) is 0 Å². The molecule has 0 saturated heterocycles. The summed E-state index contributed by atoms with van der Waals surface area (Å²) < 4.78 is 62.9. The summed E-state index contributed by atoms with van der Waals surface area (Å²) in [4.78, 5) is 3.52. The van der Waals surface area contributed by atoms with E-state index in [0.29, 0.717) is 12.3 Å². The van der Waals surface area contributed by atoms with Crippen molar-refractivity contribution in [3.8, 4) is 11.3 Å². The zero-order valence-corrected chi connectivity index (χ0v) is 8.80. The Morgan fingerprint density at radius 3 is 2.17 bits per heavy atom. The van der Waals surface area contributed by atoms with Gasteiger partial charge in [-0.3, -0.25) is 4.98 Å².